The molecule has 6 heteroatoms. The lowest BCUT2D eigenvalue weighted by atomic mass is 10.1. The van der Waals surface area contributed by atoms with Crippen LogP contribution in [0.25, 0.3) is 0 Å². The van der Waals surface area contributed by atoms with E-state index < -0.39 is 0 Å². The van der Waals surface area contributed by atoms with Crippen molar-refractivity contribution in [2.45, 2.75) is 45.7 Å². The van der Waals surface area contributed by atoms with Crippen LogP contribution in [-0.4, -0.2) is 26.5 Å². The molecule has 3 heterocycles. The van der Waals surface area contributed by atoms with Gasteiger partial charge in [-0.2, -0.15) is 0 Å². The van der Waals surface area contributed by atoms with E-state index in [1.165, 1.54) is 6.39 Å². The zero-order valence-corrected chi connectivity index (χ0v) is 11.7. The van der Waals surface area contributed by atoms with Crippen molar-refractivity contribution in [3.05, 3.63) is 35.6 Å². The third kappa shape index (κ3) is 2.33. The summed E-state index contributed by atoms with van der Waals surface area (Å²) in [5, 5.41) is 3.04. The molecular formula is C14H18N4O2. The number of hydrogen-bond acceptors (Lipinski definition) is 4. The minimum absolute atomic E-state index is 0.116. The summed E-state index contributed by atoms with van der Waals surface area (Å²) in [5.41, 5.74) is 1.43. The molecule has 1 aliphatic rings. The van der Waals surface area contributed by atoms with Crippen LogP contribution < -0.4 is 5.32 Å². The Balaban J connectivity index is 1.69. The van der Waals surface area contributed by atoms with Crippen molar-refractivity contribution in [1.82, 2.24) is 19.9 Å². The number of hydrogen-bond donors (Lipinski definition) is 1. The van der Waals surface area contributed by atoms with Crippen molar-refractivity contribution in [3.8, 4) is 0 Å². The first-order valence-electron chi connectivity index (χ1n) is 6.93. The highest BCUT2D eigenvalue weighted by Crippen LogP contribution is 2.16. The van der Waals surface area contributed by atoms with Crippen LogP contribution >= 0.6 is 0 Å². The molecule has 20 heavy (non-hydrogen) atoms. The van der Waals surface area contributed by atoms with Crippen molar-refractivity contribution >= 4 is 5.91 Å². The van der Waals surface area contributed by atoms with E-state index in [-0.39, 0.29) is 11.9 Å². The van der Waals surface area contributed by atoms with Gasteiger partial charge in [-0.25, -0.2) is 9.97 Å². The molecule has 1 aliphatic heterocycles. The highest BCUT2D eigenvalue weighted by Gasteiger charge is 2.23. The molecule has 0 saturated carbocycles. The van der Waals surface area contributed by atoms with Gasteiger partial charge in [0.1, 0.15) is 11.6 Å². The molecular weight excluding hydrogens is 256 g/mol. The summed E-state index contributed by atoms with van der Waals surface area (Å²) in [6.07, 6.45) is 5.81. The Hall–Kier alpha value is -2.11. The van der Waals surface area contributed by atoms with Gasteiger partial charge in [0.15, 0.2) is 12.1 Å². The lowest BCUT2D eigenvalue weighted by Gasteiger charge is -2.24. The van der Waals surface area contributed by atoms with E-state index in [2.05, 4.69) is 19.9 Å². The van der Waals surface area contributed by atoms with E-state index >= 15 is 0 Å². The first-order valence-corrected chi connectivity index (χ1v) is 6.93. The van der Waals surface area contributed by atoms with E-state index in [0.717, 1.165) is 30.9 Å². The number of nitrogens with one attached hydrogen (secondary N) is 1. The fourth-order valence-corrected chi connectivity index (χ4v) is 2.66. The largest absolute Gasteiger partial charge is 0.448 e. The third-order valence-electron chi connectivity index (χ3n) is 3.63. The SMILES string of the molecule is CCc1ocnc1C(=O)NC1CCc2nc(C)cn2C1. The Bertz CT molecular complexity index is 629. The molecule has 0 saturated heterocycles. The lowest BCUT2D eigenvalue weighted by molar-refractivity contribution is 0.0921. The second-order valence-electron chi connectivity index (χ2n) is 5.14. The predicted octanol–water partition coefficient (Wildman–Crippen LogP) is 1.49. The first-order chi connectivity index (χ1) is 9.67. The van der Waals surface area contributed by atoms with E-state index in [0.29, 0.717) is 17.9 Å². The Morgan fingerprint density at radius 3 is 3.25 bits per heavy atom. The molecule has 106 valence electrons. The second kappa shape index (κ2) is 5.11. The topological polar surface area (TPSA) is 73.0 Å². The van der Waals surface area contributed by atoms with Crippen molar-refractivity contribution in [2.24, 2.45) is 0 Å². The number of rotatable bonds is 3. The van der Waals surface area contributed by atoms with Gasteiger partial charge in [0.25, 0.3) is 5.91 Å². The number of aryl methyl sites for hydroxylation is 3. The van der Waals surface area contributed by atoms with Gasteiger partial charge in [-0.1, -0.05) is 6.92 Å². The molecule has 0 aliphatic carbocycles. The Morgan fingerprint density at radius 2 is 2.45 bits per heavy atom. The Labute approximate surface area is 117 Å². The molecule has 1 atom stereocenters. The minimum atomic E-state index is -0.152. The van der Waals surface area contributed by atoms with Crippen molar-refractivity contribution in [2.75, 3.05) is 0 Å². The molecule has 0 radical (unpaired) electrons. The average molecular weight is 274 g/mol. The Kier molecular flexibility index (Phi) is 3.30. The van der Waals surface area contributed by atoms with Crippen LogP contribution in [0.15, 0.2) is 17.0 Å². The van der Waals surface area contributed by atoms with Crippen LogP contribution in [0, 0.1) is 6.92 Å². The quantitative estimate of drug-likeness (QED) is 0.920. The van der Waals surface area contributed by atoms with Crippen LogP contribution in [0.1, 0.15) is 41.1 Å². The highest BCUT2D eigenvalue weighted by atomic mass is 16.3. The van der Waals surface area contributed by atoms with Crippen LogP contribution in [-0.2, 0) is 19.4 Å². The molecule has 0 aromatic carbocycles. The summed E-state index contributed by atoms with van der Waals surface area (Å²) in [4.78, 5) is 20.7. The second-order valence-corrected chi connectivity index (χ2v) is 5.14. The monoisotopic (exact) mass is 274 g/mol. The van der Waals surface area contributed by atoms with Gasteiger partial charge < -0.3 is 14.3 Å². The summed E-state index contributed by atoms with van der Waals surface area (Å²) >= 11 is 0. The summed E-state index contributed by atoms with van der Waals surface area (Å²) in [6, 6.07) is 0.116. The molecule has 1 N–H and O–H groups in total. The molecule has 1 amide bonds. The molecule has 2 aromatic rings. The van der Waals surface area contributed by atoms with Crippen molar-refractivity contribution < 1.29 is 9.21 Å². The van der Waals surface area contributed by atoms with Gasteiger partial charge in [-0.15, -0.1) is 0 Å². The average Bonchev–Trinajstić information content (AvgIpc) is 3.02. The van der Waals surface area contributed by atoms with E-state index in [1.54, 1.807) is 0 Å². The number of amides is 1. The van der Waals surface area contributed by atoms with Crippen LogP contribution in [0.5, 0.6) is 0 Å². The van der Waals surface area contributed by atoms with Crippen LogP contribution in [0.4, 0.5) is 0 Å². The van der Waals surface area contributed by atoms with Gasteiger partial charge >= 0.3 is 0 Å². The smallest absolute Gasteiger partial charge is 0.273 e. The van der Waals surface area contributed by atoms with Crippen LogP contribution in [0.2, 0.25) is 0 Å². The number of oxazole rings is 1. The summed E-state index contributed by atoms with van der Waals surface area (Å²) < 4.78 is 7.31. The summed E-state index contributed by atoms with van der Waals surface area (Å²) in [5.74, 6) is 1.59. The third-order valence-corrected chi connectivity index (χ3v) is 3.63. The fourth-order valence-electron chi connectivity index (χ4n) is 2.66. The number of carbonyl (C=O) groups excluding carboxylic acids is 1. The van der Waals surface area contributed by atoms with Gasteiger partial charge in [0.05, 0.1) is 5.69 Å². The van der Waals surface area contributed by atoms with Crippen molar-refractivity contribution in [3.63, 3.8) is 0 Å². The fraction of sp³-hybridized carbons (Fsp3) is 0.500. The number of nitrogens with zero attached hydrogens (tertiary/aromatic N) is 3. The van der Waals surface area contributed by atoms with E-state index in [9.17, 15) is 4.79 Å². The predicted molar refractivity (Wildman–Crippen MR) is 72.4 cm³/mol. The van der Waals surface area contributed by atoms with E-state index in [4.69, 9.17) is 4.42 Å². The number of carbonyl (C=O) groups is 1. The molecule has 0 bridgehead atoms. The number of fused-ring (bicyclic) bond motifs is 1. The molecule has 0 spiro atoms. The van der Waals surface area contributed by atoms with Gasteiger partial charge in [0.2, 0.25) is 0 Å². The summed E-state index contributed by atoms with van der Waals surface area (Å²) in [6.45, 7) is 4.70. The molecule has 6 nitrogen and oxygen atoms in total. The van der Waals surface area contributed by atoms with E-state index in [1.807, 2.05) is 20.0 Å². The van der Waals surface area contributed by atoms with Crippen molar-refractivity contribution in [1.29, 1.82) is 0 Å². The van der Waals surface area contributed by atoms with Gasteiger partial charge in [-0.05, 0) is 13.3 Å². The van der Waals surface area contributed by atoms with Crippen LogP contribution in [0.3, 0.4) is 0 Å². The molecule has 3 rings (SSSR count). The minimum Gasteiger partial charge on any atom is -0.448 e. The lowest BCUT2D eigenvalue weighted by Crippen LogP contribution is -2.41. The number of imidazole rings is 1. The molecule has 2 aromatic heterocycles. The maximum atomic E-state index is 12.2. The Morgan fingerprint density at radius 1 is 1.60 bits per heavy atom. The highest BCUT2D eigenvalue weighted by molar-refractivity contribution is 5.93. The molecule has 0 fully saturated rings. The zero-order chi connectivity index (χ0) is 14.1. The standard InChI is InChI=1S/C14H18N4O2/c1-3-11-13(15-8-20-11)14(19)17-10-4-5-12-16-9(2)6-18(12)7-10/h6,8,10H,3-5,7H2,1-2H3,(H,17,19). The normalized spacial score (nSPS) is 17.8. The van der Waals surface area contributed by atoms with Gasteiger partial charge in [0, 0.05) is 31.6 Å². The zero-order valence-electron chi connectivity index (χ0n) is 11.7. The maximum Gasteiger partial charge on any atom is 0.273 e. The summed E-state index contributed by atoms with van der Waals surface area (Å²) in [7, 11) is 0. The molecule has 1 unspecified atom stereocenters. The van der Waals surface area contributed by atoms with Gasteiger partial charge in [-0.3, -0.25) is 4.79 Å². The maximum absolute atomic E-state index is 12.2. The number of aromatic nitrogens is 3. The first kappa shape index (κ1) is 12.9.